The molecule has 10 heteroatoms. The van der Waals surface area contributed by atoms with E-state index in [-0.39, 0.29) is 30.6 Å². The number of carbonyl (C=O) groups is 2. The standard InChI is InChI=1S/C34H50N4O6/c1-23-19-38(24(2)22-39)33(40)30-18-28(36-34(41)35-27-11-14-29(42-5)15-12-27)13-16-31(30)44-25(3)8-6-7-17-43-32(23)21-37(4)20-26-9-10-26/h11-16,18,23-26,32,39H,6-10,17,19-22H2,1-5H3,(H2,35,36,41)/t23-,24+,25-,32-/m1/s1. The second-order valence-electron chi connectivity index (χ2n) is 12.5. The van der Waals surface area contributed by atoms with Crippen LogP contribution in [-0.2, 0) is 4.74 Å². The van der Waals surface area contributed by atoms with Crippen LogP contribution in [0.5, 0.6) is 11.5 Å². The van der Waals surface area contributed by atoms with Crippen molar-refractivity contribution in [3.05, 3.63) is 48.0 Å². The average molecular weight is 611 g/mol. The number of carbonyl (C=O) groups excluding carboxylic acids is 2. The van der Waals surface area contributed by atoms with Gasteiger partial charge in [-0.05, 0) is 101 Å². The Morgan fingerprint density at radius 2 is 1.77 bits per heavy atom. The highest BCUT2D eigenvalue weighted by atomic mass is 16.5. The van der Waals surface area contributed by atoms with Gasteiger partial charge in [-0.25, -0.2) is 4.79 Å². The van der Waals surface area contributed by atoms with E-state index in [4.69, 9.17) is 14.2 Å². The Labute approximate surface area is 262 Å². The molecule has 1 aliphatic heterocycles. The minimum atomic E-state index is -0.442. The van der Waals surface area contributed by atoms with E-state index in [9.17, 15) is 14.7 Å². The number of amides is 3. The summed E-state index contributed by atoms with van der Waals surface area (Å²) in [6.45, 7) is 8.71. The highest BCUT2D eigenvalue weighted by Gasteiger charge is 2.31. The van der Waals surface area contributed by atoms with E-state index in [1.165, 1.54) is 12.8 Å². The van der Waals surface area contributed by atoms with Crippen molar-refractivity contribution in [2.24, 2.45) is 11.8 Å². The van der Waals surface area contributed by atoms with Crippen molar-refractivity contribution in [2.45, 2.75) is 71.1 Å². The molecule has 4 rings (SSSR count). The monoisotopic (exact) mass is 610 g/mol. The molecule has 2 aromatic rings. The van der Waals surface area contributed by atoms with E-state index >= 15 is 0 Å². The number of rotatable bonds is 9. The Balaban J connectivity index is 1.57. The van der Waals surface area contributed by atoms with Crippen LogP contribution in [0.25, 0.3) is 0 Å². The fourth-order valence-corrected chi connectivity index (χ4v) is 5.55. The molecule has 3 N–H and O–H groups in total. The Hall–Kier alpha value is -3.34. The van der Waals surface area contributed by atoms with Crippen LogP contribution in [0.2, 0.25) is 0 Å². The van der Waals surface area contributed by atoms with Crippen molar-refractivity contribution >= 4 is 23.3 Å². The number of methoxy groups -OCH3 is 1. The first-order valence-electron chi connectivity index (χ1n) is 15.9. The number of nitrogens with one attached hydrogen (secondary N) is 2. The SMILES string of the molecule is COc1ccc(NC(=O)Nc2ccc3c(c2)C(=O)N([C@@H](C)CO)C[C@@H](C)[C@@H](CN(C)CC2CC2)OCCCC[C@@H](C)O3)cc1. The van der Waals surface area contributed by atoms with E-state index in [1.54, 1.807) is 54.5 Å². The molecular weight excluding hydrogens is 560 g/mol. The lowest BCUT2D eigenvalue weighted by molar-refractivity contribution is -0.0172. The summed E-state index contributed by atoms with van der Waals surface area (Å²) in [6, 6.07) is 11.3. The number of ether oxygens (including phenoxy) is 3. The quantitative estimate of drug-likeness (QED) is 0.345. The van der Waals surface area contributed by atoms with Gasteiger partial charge in [-0.1, -0.05) is 6.92 Å². The summed E-state index contributed by atoms with van der Waals surface area (Å²) < 4.78 is 17.9. The first-order valence-corrected chi connectivity index (χ1v) is 15.9. The molecule has 1 aliphatic carbocycles. The summed E-state index contributed by atoms with van der Waals surface area (Å²) in [7, 11) is 3.73. The number of urea groups is 1. The molecule has 44 heavy (non-hydrogen) atoms. The summed E-state index contributed by atoms with van der Waals surface area (Å²) in [6.07, 6.45) is 5.11. The highest BCUT2D eigenvalue weighted by Crippen LogP contribution is 2.31. The molecule has 1 heterocycles. The number of aliphatic hydroxyl groups is 1. The maximum Gasteiger partial charge on any atom is 0.323 e. The number of likely N-dealkylation sites (N-methyl/N-ethyl adjacent to an activating group) is 1. The molecule has 0 bridgehead atoms. The van der Waals surface area contributed by atoms with Crippen molar-refractivity contribution in [3.8, 4) is 11.5 Å². The maximum atomic E-state index is 14.3. The van der Waals surface area contributed by atoms with Crippen molar-refractivity contribution in [2.75, 3.05) is 57.6 Å². The van der Waals surface area contributed by atoms with E-state index in [0.29, 0.717) is 41.6 Å². The van der Waals surface area contributed by atoms with Gasteiger partial charge in [0.15, 0.2) is 0 Å². The van der Waals surface area contributed by atoms with E-state index in [0.717, 1.165) is 38.3 Å². The van der Waals surface area contributed by atoms with Gasteiger partial charge in [-0.2, -0.15) is 0 Å². The molecule has 0 radical (unpaired) electrons. The third-order valence-electron chi connectivity index (χ3n) is 8.42. The van der Waals surface area contributed by atoms with Crippen LogP contribution < -0.4 is 20.1 Å². The van der Waals surface area contributed by atoms with Crippen molar-refractivity contribution in [3.63, 3.8) is 0 Å². The third kappa shape index (κ3) is 9.84. The smallest absolute Gasteiger partial charge is 0.323 e. The van der Waals surface area contributed by atoms with Gasteiger partial charge >= 0.3 is 6.03 Å². The molecule has 3 amide bonds. The maximum absolute atomic E-state index is 14.3. The molecule has 0 spiro atoms. The summed E-state index contributed by atoms with van der Waals surface area (Å²) >= 11 is 0. The second kappa shape index (κ2) is 16.1. The van der Waals surface area contributed by atoms with Crippen molar-refractivity contribution < 1.29 is 28.9 Å². The molecular formula is C34H50N4O6. The van der Waals surface area contributed by atoms with Crippen LogP contribution in [-0.4, -0.2) is 92.1 Å². The van der Waals surface area contributed by atoms with E-state index < -0.39 is 12.1 Å². The number of fused-ring (bicyclic) bond motifs is 1. The zero-order chi connectivity index (χ0) is 31.6. The van der Waals surface area contributed by atoms with Crippen LogP contribution in [0.15, 0.2) is 42.5 Å². The van der Waals surface area contributed by atoms with E-state index in [2.05, 4.69) is 29.5 Å². The molecule has 2 aromatic carbocycles. The molecule has 0 saturated heterocycles. The van der Waals surface area contributed by atoms with Gasteiger partial charge in [0.25, 0.3) is 5.91 Å². The fraction of sp³-hybridized carbons (Fsp3) is 0.588. The summed E-state index contributed by atoms with van der Waals surface area (Å²) in [5.74, 6) is 1.69. The molecule has 2 aliphatic rings. The Kier molecular flexibility index (Phi) is 12.3. The normalized spacial score (nSPS) is 22.4. The van der Waals surface area contributed by atoms with Gasteiger partial charge < -0.3 is 39.8 Å². The Bertz CT molecular complexity index is 1220. The lowest BCUT2D eigenvalue weighted by Gasteiger charge is -2.36. The minimum Gasteiger partial charge on any atom is -0.497 e. The topological polar surface area (TPSA) is 113 Å². The number of hydrogen-bond acceptors (Lipinski definition) is 7. The van der Waals surface area contributed by atoms with Crippen LogP contribution in [0.1, 0.15) is 63.2 Å². The van der Waals surface area contributed by atoms with E-state index in [1.807, 2.05) is 13.8 Å². The summed E-state index contributed by atoms with van der Waals surface area (Å²) in [5.41, 5.74) is 1.39. The molecule has 242 valence electrons. The summed E-state index contributed by atoms with van der Waals surface area (Å²) in [4.78, 5) is 31.2. The molecule has 0 aromatic heterocycles. The predicted octanol–water partition coefficient (Wildman–Crippen LogP) is 5.48. The minimum absolute atomic E-state index is 0.0254. The van der Waals surface area contributed by atoms with Crippen molar-refractivity contribution in [1.29, 1.82) is 0 Å². The third-order valence-corrected chi connectivity index (χ3v) is 8.42. The van der Waals surface area contributed by atoms with Crippen LogP contribution in [0.4, 0.5) is 16.2 Å². The van der Waals surface area contributed by atoms with Gasteiger partial charge in [0, 0.05) is 43.5 Å². The highest BCUT2D eigenvalue weighted by molar-refractivity contribution is 6.02. The van der Waals surface area contributed by atoms with Crippen LogP contribution in [0.3, 0.4) is 0 Å². The molecule has 1 saturated carbocycles. The number of hydrogen-bond donors (Lipinski definition) is 3. The van der Waals surface area contributed by atoms with Gasteiger partial charge in [-0.15, -0.1) is 0 Å². The Morgan fingerprint density at radius 3 is 2.45 bits per heavy atom. The lowest BCUT2D eigenvalue weighted by Crippen LogP contribution is -2.47. The first kappa shape index (κ1) is 33.6. The van der Waals surface area contributed by atoms with Crippen LogP contribution >= 0.6 is 0 Å². The average Bonchev–Trinajstić information content (AvgIpc) is 3.82. The number of aliphatic hydroxyl groups excluding tert-OH is 1. The fourth-order valence-electron chi connectivity index (χ4n) is 5.55. The molecule has 4 atom stereocenters. The van der Waals surface area contributed by atoms with Gasteiger partial charge in [0.1, 0.15) is 11.5 Å². The summed E-state index contributed by atoms with van der Waals surface area (Å²) in [5, 5.41) is 15.8. The van der Waals surface area contributed by atoms with Gasteiger partial charge in [0.05, 0.1) is 37.5 Å². The Morgan fingerprint density at radius 1 is 1.07 bits per heavy atom. The number of anilines is 2. The molecule has 1 fully saturated rings. The van der Waals surface area contributed by atoms with Gasteiger partial charge in [0.2, 0.25) is 0 Å². The largest absolute Gasteiger partial charge is 0.497 e. The number of benzene rings is 2. The van der Waals surface area contributed by atoms with Crippen molar-refractivity contribution in [1.82, 2.24) is 9.80 Å². The molecule has 0 unspecified atom stereocenters. The first-order chi connectivity index (χ1) is 21.2. The second-order valence-corrected chi connectivity index (χ2v) is 12.5. The lowest BCUT2D eigenvalue weighted by atomic mass is 10.0. The zero-order valence-electron chi connectivity index (χ0n) is 26.9. The molecule has 10 nitrogen and oxygen atoms in total. The van der Waals surface area contributed by atoms with Crippen LogP contribution in [0, 0.1) is 11.8 Å². The predicted molar refractivity (Wildman–Crippen MR) is 173 cm³/mol. The zero-order valence-corrected chi connectivity index (χ0v) is 26.9. The number of nitrogens with zero attached hydrogens (tertiary/aromatic N) is 2. The van der Waals surface area contributed by atoms with Gasteiger partial charge in [-0.3, -0.25) is 4.79 Å².